The van der Waals surface area contributed by atoms with Gasteiger partial charge in [-0.1, -0.05) is 30.3 Å². The molecule has 1 saturated heterocycles. The summed E-state index contributed by atoms with van der Waals surface area (Å²) in [5, 5.41) is 0. The summed E-state index contributed by atoms with van der Waals surface area (Å²) in [4.78, 5) is 6.49. The number of nitrogens with zero attached hydrogens (tertiary/aromatic N) is 2. The van der Waals surface area contributed by atoms with Gasteiger partial charge in [-0.3, -0.25) is 4.98 Å². The second-order valence-corrected chi connectivity index (χ2v) is 5.93. The third-order valence-electron chi connectivity index (χ3n) is 3.52. The van der Waals surface area contributed by atoms with Crippen LogP contribution in [0.1, 0.15) is 18.6 Å². The van der Waals surface area contributed by atoms with E-state index in [0.717, 1.165) is 17.6 Å². The van der Waals surface area contributed by atoms with E-state index in [2.05, 4.69) is 57.0 Å². The van der Waals surface area contributed by atoms with Crippen LogP contribution in [0.4, 0.5) is 5.69 Å². The number of ether oxygens (including phenoxy) is 1. The van der Waals surface area contributed by atoms with Gasteiger partial charge in [-0.15, -0.1) is 0 Å². The monoisotopic (exact) mass is 332 g/mol. The zero-order valence-electron chi connectivity index (χ0n) is 11.4. The molecule has 0 amide bonds. The number of rotatable bonds is 2. The summed E-state index contributed by atoms with van der Waals surface area (Å²) >= 11 is 3.58. The lowest BCUT2D eigenvalue weighted by Gasteiger charge is -2.38. The van der Waals surface area contributed by atoms with E-state index in [-0.39, 0.29) is 12.2 Å². The molecule has 2 aromatic rings. The number of halogens is 1. The minimum absolute atomic E-state index is 0.111. The number of hydrogen-bond donors (Lipinski definition) is 0. The molecule has 0 unspecified atom stereocenters. The molecule has 0 aliphatic carbocycles. The molecular weight excluding hydrogens is 316 g/mol. The Kier molecular flexibility index (Phi) is 4.03. The first-order chi connectivity index (χ1) is 9.74. The van der Waals surface area contributed by atoms with E-state index in [1.807, 2.05) is 24.5 Å². The number of anilines is 1. The first kappa shape index (κ1) is 13.6. The van der Waals surface area contributed by atoms with Crippen molar-refractivity contribution in [3.8, 4) is 0 Å². The minimum Gasteiger partial charge on any atom is -0.367 e. The molecule has 104 valence electrons. The van der Waals surface area contributed by atoms with Gasteiger partial charge < -0.3 is 9.64 Å². The summed E-state index contributed by atoms with van der Waals surface area (Å²) in [5.74, 6) is 0. The topological polar surface area (TPSA) is 25.4 Å². The summed E-state index contributed by atoms with van der Waals surface area (Å²) < 4.78 is 7.12. The van der Waals surface area contributed by atoms with Crippen molar-refractivity contribution in [3.63, 3.8) is 0 Å². The van der Waals surface area contributed by atoms with Crippen molar-refractivity contribution in [1.29, 1.82) is 0 Å². The van der Waals surface area contributed by atoms with Crippen molar-refractivity contribution in [2.75, 3.05) is 18.0 Å². The summed E-state index contributed by atoms with van der Waals surface area (Å²) in [6.07, 6.45) is 3.99. The fourth-order valence-corrected chi connectivity index (χ4v) is 3.13. The van der Waals surface area contributed by atoms with E-state index >= 15 is 0 Å². The van der Waals surface area contributed by atoms with Crippen LogP contribution in [0.15, 0.2) is 53.3 Å². The number of hydrogen-bond acceptors (Lipinski definition) is 3. The lowest BCUT2D eigenvalue weighted by molar-refractivity contribution is -0.0174. The van der Waals surface area contributed by atoms with Gasteiger partial charge in [0.25, 0.3) is 0 Å². The third kappa shape index (κ3) is 2.86. The van der Waals surface area contributed by atoms with Crippen LogP contribution >= 0.6 is 15.9 Å². The quantitative estimate of drug-likeness (QED) is 0.836. The van der Waals surface area contributed by atoms with E-state index in [0.29, 0.717) is 0 Å². The highest BCUT2D eigenvalue weighted by Gasteiger charge is 2.27. The second-order valence-electron chi connectivity index (χ2n) is 5.08. The van der Waals surface area contributed by atoms with Crippen LogP contribution in [0.5, 0.6) is 0 Å². The number of aromatic nitrogens is 1. The highest BCUT2D eigenvalue weighted by atomic mass is 79.9. The van der Waals surface area contributed by atoms with Gasteiger partial charge in [-0.25, -0.2) is 0 Å². The van der Waals surface area contributed by atoms with E-state index < -0.39 is 0 Å². The Balaban J connectivity index is 1.85. The first-order valence-electron chi connectivity index (χ1n) is 6.79. The maximum Gasteiger partial charge on any atom is 0.100 e. The molecule has 1 fully saturated rings. The fraction of sp³-hybridized carbons (Fsp3) is 0.312. The summed E-state index contributed by atoms with van der Waals surface area (Å²) in [7, 11) is 0. The number of morpholine rings is 1. The van der Waals surface area contributed by atoms with Crippen LogP contribution in [-0.2, 0) is 4.74 Å². The zero-order valence-corrected chi connectivity index (χ0v) is 13.0. The average molecular weight is 333 g/mol. The van der Waals surface area contributed by atoms with Gasteiger partial charge in [0.1, 0.15) is 6.10 Å². The predicted octanol–water partition coefficient (Wildman–Crippen LogP) is 3.81. The van der Waals surface area contributed by atoms with E-state index in [9.17, 15) is 0 Å². The molecule has 0 radical (unpaired) electrons. The van der Waals surface area contributed by atoms with Gasteiger partial charge in [-0.2, -0.15) is 0 Å². The highest BCUT2D eigenvalue weighted by Crippen LogP contribution is 2.32. The largest absolute Gasteiger partial charge is 0.367 e. The van der Waals surface area contributed by atoms with Gasteiger partial charge in [0.2, 0.25) is 0 Å². The fourth-order valence-electron chi connectivity index (χ4n) is 2.62. The van der Waals surface area contributed by atoms with E-state index in [4.69, 9.17) is 4.74 Å². The van der Waals surface area contributed by atoms with Crippen LogP contribution < -0.4 is 4.90 Å². The van der Waals surface area contributed by atoms with Crippen LogP contribution in [0.3, 0.4) is 0 Å². The first-order valence-corrected chi connectivity index (χ1v) is 7.58. The normalized spacial score (nSPS) is 22.8. The molecule has 1 aromatic carbocycles. The van der Waals surface area contributed by atoms with Gasteiger partial charge in [0, 0.05) is 25.5 Å². The molecule has 1 aliphatic heterocycles. The second kappa shape index (κ2) is 5.94. The van der Waals surface area contributed by atoms with Crippen molar-refractivity contribution in [2.24, 2.45) is 0 Å². The lowest BCUT2D eigenvalue weighted by atomic mass is 10.1. The Hall–Kier alpha value is -1.39. The third-order valence-corrected chi connectivity index (χ3v) is 4.13. The molecule has 3 rings (SSSR count). The van der Waals surface area contributed by atoms with Crippen molar-refractivity contribution in [1.82, 2.24) is 4.98 Å². The maximum absolute atomic E-state index is 6.09. The van der Waals surface area contributed by atoms with E-state index in [1.54, 1.807) is 0 Å². The van der Waals surface area contributed by atoms with Crippen LogP contribution in [0, 0.1) is 0 Å². The predicted molar refractivity (Wildman–Crippen MR) is 83.9 cm³/mol. The molecule has 2 atom stereocenters. The smallest absolute Gasteiger partial charge is 0.100 e. The molecule has 0 spiro atoms. The van der Waals surface area contributed by atoms with Crippen molar-refractivity contribution >= 4 is 21.6 Å². The van der Waals surface area contributed by atoms with Gasteiger partial charge in [0.05, 0.1) is 16.3 Å². The van der Waals surface area contributed by atoms with Crippen molar-refractivity contribution < 1.29 is 4.74 Å². The average Bonchev–Trinajstić information content (AvgIpc) is 2.48. The molecule has 1 aromatic heterocycles. The standard InChI is InChI=1S/C16H17BrN2O/c1-12-10-19(15-7-8-18-9-14(15)17)11-16(20-12)13-5-3-2-4-6-13/h2-9,12,16H,10-11H2,1H3/t12-,16+/m1/s1. The van der Waals surface area contributed by atoms with Crippen LogP contribution in [-0.4, -0.2) is 24.2 Å². The molecular formula is C16H17BrN2O. The van der Waals surface area contributed by atoms with Crippen LogP contribution in [0.2, 0.25) is 0 Å². The summed E-state index contributed by atoms with van der Waals surface area (Å²) in [6, 6.07) is 12.5. The number of pyridine rings is 1. The zero-order chi connectivity index (χ0) is 13.9. The van der Waals surface area contributed by atoms with Crippen molar-refractivity contribution in [3.05, 3.63) is 58.8 Å². The molecule has 0 saturated carbocycles. The van der Waals surface area contributed by atoms with Gasteiger partial charge in [0.15, 0.2) is 0 Å². The van der Waals surface area contributed by atoms with Gasteiger partial charge in [-0.05, 0) is 34.5 Å². The Morgan fingerprint density at radius 3 is 2.75 bits per heavy atom. The maximum atomic E-state index is 6.09. The summed E-state index contributed by atoms with van der Waals surface area (Å²) in [5.41, 5.74) is 2.41. The van der Waals surface area contributed by atoms with Crippen LogP contribution in [0.25, 0.3) is 0 Å². The highest BCUT2D eigenvalue weighted by molar-refractivity contribution is 9.10. The summed E-state index contributed by atoms with van der Waals surface area (Å²) in [6.45, 7) is 3.88. The number of benzene rings is 1. The van der Waals surface area contributed by atoms with Gasteiger partial charge >= 0.3 is 0 Å². The lowest BCUT2D eigenvalue weighted by Crippen LogP contribution is -2.43. The molecule has 20 heavy (non-hydrogen) atoms. The minimum atomic E-state index is 0.111. The Morgan fingerprint density at radius 2 is 2.00 bits per heavy atom. The molecule has 4 heteroatoms. The molecule has 0 N–H and O–H groups in total. The Morgan fingerprint density at radius 1 is 1.20 bits per heavy atom. The molecule has 3 nitrogen and oxygen atoms in total. The molecule has 1 aliphatic rings. The Bertz CT molecular complexity index is 576. The molecule has 2 heterocycles. The van der Waals surface area contributed by atoms with Crippen molar-refractivity contribution in [2.45, 2.75) is 19.1 Å². The molecule has 0 bridgehead atoms. The Labute approximate surface area is 127 Å². The SMILES string of the molecule is C[C@@H]1CN(c2ccncc2Br)C[C@@H](c2ccccc2)O1. The van der Waals surface area contributed by atoms with E-state index in [1.165, 1.54) is 11.3 Å².